The van der Waals surface area contributed by atoms with Crippen molar-refractivity contribution in [3.63, 3.8) is 0 Å². The van der Waals surface area contributed by atoms with Crippen LogP contribution in [0.25, 0.3) is 0 Å². The third-order valence-electron chi connectivity index (χ3n) is 2.52. The van der Waals surface area contributed by atoms with Gasteiger partial charge in [0.15, 0.2) is 5.25 Å². The van der Waals surface area contributed by atoms with E-state index in [1.807, 2.05) is 6.07 Å². The Labute approximate surface area is 94.6 Å². The van der Waals surface area contributed by atoms with Gasteiger partial charge in [0.1, 0.15) is 6.04 Å². The molecule has 0 bridgehead atoms. The van der Waals surface area contributed by atoms with Gasteiger partial charge in [0, 0.05) is 0 Å². The Bertz CT molecular complexity index is 408. The van der Waals surface area contributed by atoms with Crippen molar-refractivity contribution in [1.29, 1.82) is 5.26 Å². The van der Waals surface area contributed by atoms with Gasteiger partial charge in [0.2, 0.25) is 10.0 Å². The second-order valence-corrected chi connectivity index (χ2v) is 5.81. The van der Waals surface area contributed by atoms with E-state index < -0.39 is 27.3 Å². The smallest absolute Gasteiger partial charge is 0.325 e. The number of nitrogens with one attached hydrogen (secondary N) is 1. The largest absolute Gasteiger partial charge is 0.468 e. The van der Waals surface area contributed by atoms with Gasteiger partial charge in [-0.1, -0.05) is 0 Å². The summed E-state index contributed by atoms with van der Waals surface area (Å²) in [6, 6.07) is 1.15. The second kappa shape index (κ2) is 4.80. The monoisotopic (exact) mass is 246 g/mol. The molecule has 0 saturated heterocycles. The molecule has 0 heterocycles. The van der Waals surface area contributed by atoms with E-state index >= 15 is 0 Å². The van der Waals surface area contributed by atoms with Gasteiger partial charge >= 0.3 is 5.97 Å². The minimum absolute atomic E-state index is 0.0737. The normalized spacial score (nSPS) is 19.6. The average Bonchev–Trinajstić information content (AvgIpc) is 3.07. The van der Waals surface area contributed by atoms with Gasteiger partial charge in [0.05, 0.1) is 13.2 Å². The number of esters is 1. The maximum absolute atomic E-state index is 11.7. The molecule has 1 N–H and O–H groups in total. The predicted molar refractivity (Wildman–Crippen MR) is 55.7 cm³/mol. The van der Waals surface area contributed by atoms with E-state index in [1.165, 1.54) is 6.92 Å². The summed E-state index contributed by atoms with van der Waals surface area (Å²) in [4.78, 5) is 11.1. The number of hydrogen-bond acceptors (Lipinski definition) is 5. The summed E-state index contributed by atoms with van der Waals surface area (Å²) in [6.45, 7) is 1.23. The van der Waals surface area contributed by atoms with E-state index in [4.69, 9.17) is 5.26 Å². The number of nitrogens with zero attached hydrogens (tertiary/aromatic N) is 1. The highest BCUT2D eigenvalue weighted by Crippen LogP contribution is 2.32. The van der Waals surface area contributed by atoms with Crippen LogP contribution < -0.4 is 4.72 Å². The van der Waals surface area contributed by atoms with E-state index in [1.54, 1.807) is 0 Å². The van der Waals surface area contributed by atoms with Crippen molar-refractivity contribution in [2.24, 2.45) is 5.92 Å². The van der Waals surface area contributed by atoms with Crippen LogP contribution in [0.1, 0.15) is 19.8 Å². The molecule has 1 aliphatic rings. The zero-order chi connectivity index (χ0) is 12.3. The zero-order valence-corrected chi connectivity index (χ0v) is 9.95. The fourth-order valence-corrected chi connectivity index (χ4v) is 2.38. The van der Waals surface area contributed by atoms with Crippen LogP contribution in [0, 0.1) is 17.2 Å². The molecule has 0 radical (unpaired) electrons. The SMILES string of the molecule is COC(=O)C(C)S(=O)(=O)NC(C#N)C1CC1. The van der Waals surface area contributed by atoms with Crippen molar-refractivity contribution in [3.05, 3.63) is 0 Å². The quantitative estimate of drug-likeness (QED) is 0.676. The van der Waals surface area contributed by atoms with Crippen LogP contribution in [-0.4, -0.2) is 32.8 Å². The molecule has 1 fully saturated rings. The minimum atomic E-state index is -3.84. The van der Waals surface area contributed by atoms with Crippen LogP contribution in [0.5, 0.6) is 0 Å². The highest BCUT2D eigenvalue weighted by Gasteiger charge is 2.37. The Morgan fingerprint density at radius 2 is 2.12 bits per heavy atom. The Kier molecular flexibility index (Phi) is 3.88. The number of hydrogen-bond donors (Lipinski definition) is 1. The van der Waals surface area contributed by atoms with Crippen molar-refractivity contribution in [2.75, 3.05) is 7.11 Å². The molecular formula is C9H14N2O4S. The molecule has 0 aromatic carbocycles. The van der Waals surface area contributed by atoms with E-state index in [2.05, 4.69) is 9.46 Å². The van der Waals surface area contributed by atoms with Crippen LogP contribution >= 0.6 is 0 Å². The van der Waals surface area contributed by atoms with Gasteiger partial charge in [-0.2, -0.15) is 9.98 Å². The number of methoxy groups -OCH3 is 1. The summed E-state index contributed by atoms with van der Waals surface area (Å²) in [6.07, 6.45) is 1.68. The maximum Gasteiger partial charge on any atom is 0.325 e. The molecule has 16 heavy (non-hydrogen) atoms. The van der Waals surface area contributed by atoms with Gasteiger partial charge in [-0.05, 0) is 25.7 Å². The number of sulfonamides is 1. The first-order chi connectivity index (χ1) is 7.42. The summed E-state index contributed by atoms with van der Waals surface area (Å²) >= 11 is 0. The molecule has 90 valence electrons. The predicted octanol–water partition coefficient (Wildman–Crippen LogP) is -0.231. The van der Waals surface area contributed by atoms with Crippen molar-refractivity contribution < 1.29 is 17.9 Å². The maximum atomic E-state index is 11.7. The van der Waals surface area contributed by atoms with E-state index in [9.17, 15) is 13.2 Å². The zero-order valence-electron chi connectivity index (χ0n) is 9.13. The third kappa shape index (κ3) is 2.93. The standard InChI is InChI=1S/C9H14N2O4S/c1-6(9(12)15-2)16(13,14)11-8(5-10)7-3-4-7/h6-8,11H,3-4H2,1-2H3. The van der Waals surface area contributed by atoms with Crippen molar-refractivity contribution >= 4 is 16.0 Å². The van der Waals surface area contributed by atoms with Gasteiger partial charge in [-0.25, -0.2) is 8.42 Å². The molecular weight excluding hydrogens is 232 g/mol. The molecule has 7 heteroatoms. The van der Waals surface area contributed by atoms with Crippen molar-refractivity contribution in [2.45, 2.75) is 31.1 Å². The van der Waals surface area contributed by atoms with E-state index in [0.717, 1.165) is 20.0 Å². The molecule has 2 unspecified atom stereocenters. The van der Waals surface area contributed by atoms with Gasteiger partial charge in [-0.3, -0.25) is 4.79 Å². The number of carbonyl (C=O) groups is 1. The molecule has 0 amide bonds. The second-order valence-electron chi connectivity index (χ2n) is 3.77. The Morgan fingerprint density at radius 1 is 1.56 bits per heavy atom. The van der Waals surface area contributed by atoms with E-state index in [0.29, 0.717) is 0 Å². The first-order valence-corrected chi connectivity index (χ1v) is 6.45. The average molecular weight is 246 g/mol. The number of carbonyl (C=O) groups excluding carboxylic acids is 1. The van der Waals surface area contributed by atoms with Crippen LogP contribution in [0.15, 0.2) is 0 Å². The molecule has 0 spiro atoms. The lowest BCUT2D eigenvalue weighted by molar-refractivity contribution is -0.139. The molecule has 0 aromatic heterocycles. The lowest BCUT2D eigenvalue weighted by Gasteiger charge is -2.14. The summed E-state index contributed by atoms with van der Waals surface area (Å²) < 4.78 is 29.9. The molecule has 1 saturated carbocycles. The third-order valence-corrected chi connectivity index (χ3v) is 4.23. The highest BCUT2D eigenvalue weighted by molar-refractivity contribution is 7.90. The van der Waals surface area contributed by atoms with Crippen molar-refractivity contribution in [3.8, 4) is 6.07 Å². The van der Waals surface area contributed by atoms with Gasteiger partial charge in [-0.15, -0.1) is 0 Å². The lowest BCUT2D eigenvalue weighted by Crippen LogP contribution is -2.43. The van der Waals surface area contributed by atoms with Crippen molar-refractivity contribution in [1.82, 2.24) is 4.72 Å². The van der Waals surface area contributed by atoms with Crippen LogP contribution in [0.4, 0.5) is 0 Å². The summed E-state index contributed by atoms with van der Waals surface area (Å²) in [7, 11) is -2.71. The molecule has 1 aliphatic carbocycles. The summed E-state index contributed by atoms with van der Waals surface area (Å²) in [5.74, 6) is -0.760. The Hall–Kier alpha value is -1.13. The molecule has 6 nitrogen and oxygen atoms in total. The van der Waals surface area contributed by atoms with E-state index in [-0.39, 0.29) is 5.92 Å². The minimum Gasteiger partial charge on any atom is -0.468 e. The number of rotatable bonds is 5. The topological polar surface area (TPSA) is 96.3 Å². The first-order valence-electron chi connectivity index (χ1n) is 4.91. The first kappa shape index (κ1) is 12.9. The number of nitriles is 1. The Balaban J connectivity index is 2.70. The fourth-order valence-electron chi connectivity index (χ4n) is 1.23. The Morgan fingerprint density at radius 3 is 2.50 bits per heavy atom. The molecule has 0 aliphatic heterocycles. The fraction of sp³-hybridized carbons (Fsp3) is 0.778. The number of ether oxygens (including phenoxy) is 1. The lowest BCUT2D eigenvalue weighted by atomic mass is 10.2. The van der Waals surface area contributed by atoms with Gasteiger partial charge in [0.25, 0.3) is 0 Å². The van der Waals surface area contributed by atoms with Gasteiger partial charge < -0.3 is 4.74 Å². The highest BCUT2D eigenvalue weighted by atomic mass is 32.2. The molecule has 1 rings (SSSR count). The van der Waals surface area contributed by atoms with Crippen LogP contribution in [-0.2, 0) is 19.6 Å². The van der Waals surface area contributed by atoms with Crippen LogP contribution in [0.2, 0.25) is 0 Å². The molecule has 0 aromatic rings. The van der Waals surface area contributed by atoms with Crippen LogP contribution in [0.3, 0.4) is 0 Å². The molecule has 2 atom stereocenters. The summed E-state index contributed by atoms with van der Waals surface area (Å²) in [5, 5.41) is 7.49. The summed E-state index contributed by atoms with van der Waals surface area (Å²) in [5.41, 5.74) is 0.